The van der Waals surface area contributed by atoms with Gasteiger partial charge in [-0.25, -0.2) is 21.1 Å². The van der Waals surface area contributed by atoms with Crippen LogP contribution in [0.15, 0.2) is 38.8 Å². The number of aryl methyl sites for hydroxylation is 1. The standard InChI is InChI=1S/C18H25N3O4S3/c1-13-7-6-8-14(17(13)21-11-18(2,3)12-21)19-27(22,23)15-9-10-16(26-15)28(24,25)20(4)5/h6-10,19H,11-12H2,1-5H3. The van der Waals surface area contributed by atoms with Gasteiger partial charge in [-0.1, -0.05) is 26.0 Å². The number of sulfonamides is 2. The largest absolute Gasteiger partial charge is 0.368 e. The van der Waals surface area contributed by atoms with Crippen LogP contribution in [-0.2, 0) is 20.0 Å². The average Bonchev–Trinajstić information content (AvgIpc) is 3.04. The highest BCUT2D eigenvalue weighted by atomic mass is 32.3. The molecule has 1 aromatic heterocycles. The Kier molecular flexibility index (Phi) is 5.28. The lowest BCUT2D eigenvalue weighted by atomic mass is 9.83. The second-order valence-electron chi connectivity index (χ2n) is 7.96. The maximum absolute atomic E-state index is 12.9. The van der Waals surface area contributed by atoms with Crippen LogP contribution in [-0.4, -0.2) is 48.3 Å². The molecule has 3 rings (SSSR count). The predicted octanol–water partition coefficient (Wildman–Crippen LogP) is 2.95. The number of hydrogen-bond acceptors (Lipinski definition) is 6. The quantitative estimate of drug-likeness (QED) is 0.742. The van der Waals surface area contributed by atoms with E-state index in [1.54, 1.807) is 12.1 Å². The summed E-state index contributed by atoms with van der Waals surface area (Å²) in [5.74, 6) is 0. The molecular weight excluding hydrogens is 418 g/mol. The molecule has 1 aliphatic rings. The third-order valence-electron chi connectivity index (χ3n) is 4.59. The third kappa shape index (κ3) is 3.91. The van der Waals surface area contributed by atoms with Crippen LogP contribution >= 0.6 is 11.3 Å². The number of rotatable bonds is 6. The van der Waals surface area contributed by atoms with Gasteiger partial charge < -0.3 is 4.90 Å². The summed E-state index contributed by atoms with van der Waals surface area (Å²) in [6, 6.07) is 8.13. The zero-order chi connectivity index (χ0) is 20.9. The zero-order valence-corrected chi connectivity index (χ0v) is 19.0. The highest BCUT2D eigenvalue weighted by Gasteiger charge is 2.36. The zero-order valence-electron chi connectivity index (χ0n) is 16.6. The van der Waals surface area contributed by atoms with Crippen molar-refractivity contribution in [3.8, 4) is 0 Å². The maximum Gasteiger partial charge on any atom is 0.271 e. The summed E-state index contributed by atoms with van der Waals surface area (Å²) in [5.41, 5.74) is 2.54. The molecule has 1 saturated heterocycles. The van der Waals surface area contributed by atoms with Gasteiger partial charge in [-0.05, 0) is 36.1 Å². The van der Waals surface area contributed by atoms with E-state index in [1.165, 1.54) is 26.2 Å². The fourth-order valence-electron chi connectivity index (χ4n) is 3.27. The molecule has 0 atom stereocenters. The van der Waals surface area contributed by atoms with E-state index >= 15 is 0 Å². The molecular formula is C18H25N3O4S3. The molecule has 28 heavy (non-hydrogen) atoms. The first-order valence-electron chi connectivity index (χ1n) is 8.73. The van der Waals surface area contributed by atoms with Crippen molar-refractivity contribution in [2.45, 2.75) is 29.2 Å². The van der Waals surface area contributed by atoms with Crippen LogP contribution in [0.1, 0.15) is 19.4 Å². The van der Waals surface area contributed by atoms with Crippen molar-refractivity contribution in [1.82, 2.24) is 4.31 Å². The molecule has 0 amide bonds. The SMILES string of the molecule is Cc1cccc(NS(=O)(=O)c2ccc(S(=O)(=O)N(C)C)s2)c1N1CC(C)(C)C1. The summed E-state index contributed by atoms with van der Waals surface area (Å²) in [6.07, 6.45) is 0. The lowest BCUT2D eigenvalue weighted by Gasteiger charge is -2.48. The van der Waals surface area contributed by atoms with Gasteiger partial charge >= 0.3 is 0 Å². The van der Waals surface area contributed by atoms with Crippen molar-refractivity contribution in [1.29, 1.82) is 0 Å². The smallest absolute Gasteiger partial charge is 0.271 e. The highest BCUT2D eigenvalue weighted by Crippen LogP contribution is 2.40. The molecule has 154 valence electrons. The van der Waals surface area contributed by atoms with Crippen LogP contribution in [0.4, 0.5) is 11.4 Å². The first-order valence-corrected chi connectivity index (χ1v) is 12.5. The second kappa shape index (κ2) is 7.01. The summed E-state index contributed by atoms with van der Waals surface area (Å²) >= 11 is 0.739. The number of nitrogens with zero attached hydrogens (tertiary/aromatic N) is 2. The normalized spacial score (nSPS) is 16.9. The van der Waals surface area contributed by atoms with Gasteiger partial charge in [-0.15, -0.1) is 11.3 Å². The van der Waals surface area contributed by atoms with Crippen molar-refractivity contribution in [2.24, 2.45) is 5.41 Å². The molecule has 0 radical (unpaired) electrons. The van der Waals surface area contributed by atoms with Gasteiger partial charge in [0.05, 0.1) is 11.4 Å². The van der Waals surface area contributed by atoms with Crippen molar-refractivity contribution in [3.63, 3.8) is 0 Å². The summed E-state index contributed by atoms with van der Waals surface area (Å²) in [7, 11) is -4.76. The molecule has 1 aromatic carbocycles. The van der Waals surface area contributed by atoms with Gasteiger partial charge in [0.1, 0.15) is 8.42 Å². The molecule has 10 heteroatoms. The Morgan fingerprint density at radius 2 is 1.64 bits per heavy atom. The number of thiophene rings is 1. The Labute approximate surface area is 171 Å². The van der Waals surface area contributed by atoms with Crippen molar-refractivity contribution in [3.05, 3.63) is 35.9 Å². The van der Waals surface area contributed by atoms with Crippen molar-refractivity contribution in [2.75, 3.05) is 36.8 Å². The van der Waals surface area contributed by atoms with Crippen LogP contribution in [0.2, 0.25) is 0 Å². The lowest BCUT2D eigenvalue weighted by molar-refractivity contribution is 0.276. The van der Waals surface area contributed by atoms with Gasteiger partial charge in [0, 0.05) is 27.2 Å². The van der Waals surface area contributed by atoms with E-state index in [4.69, 9.17) is 0 Å². The summed E-state index contributed by atoms with van der Waals surface area (Å²) in [6.45, 7) is 7.98. The van der Waals surface area contributed by atoms with Crippen LogP contribution in [0.5, 0.6) is 0 Å². The molecule has 7 nitrogen and oxygen atoms in total. The number of anilines is 2. The monoisotopic (exact) mass is 443 g/mol. The molecule has 0 spiro atoms. The Morgan fingerprint density at radius 3 is 2.21 bits per heavy atom. The second-order valence-corrected chi connectivity index (χ2v) is 13.3. The minimum atomic E-state index is -3.91. The van der Waals surface area contributed by atoms with E-state index in [2.05, 4.69) is 23.5 Å². The van der Waals surface area contributed by atoms with E-state index in [0.717, 1.165) is 40.0 Å². The minimum absolute atomic E-state index is 0.00756. The van der Waals surface area contributed by atoms with Crippen LogP contribution in [0.25, 0.3) is 0 Å². The Hall–Kier alpha value is -1.62. The first-order chi connectivity index (χ1) is 12.8. The van der Waals surface area contributed by atoms with Crippen molar-refractivity contribution >= 4 is 42.8 Å². The van der Waals surface area contributed by atoms with Gasteiger partial charge in [0.2, 0.25) is 0 Å². The fourth-order valence-corrected chi connectivity index (χ4v) is 7.27. The van der Waals surface area contributed by atoms with Gasteiger partial charge in [-0.3, -0.25) is 4.72 Å². The van der Waals surface area contributed by atoms with Crippen LogP contribution < -0.4 is 9.62 Å². The molecule has 2 aromatic rings. The number of nitrogens with one attached hydrogen (secondary N) is 1. The van der Waals surface area contributed by atoms with Crippen molar-refractivity contribution < 1.29 is 16.8 Å². The minimum Gasteiger partial charge on any atom is -0.368 e. The summed E-state index contributed by atoms with van der Waals surface area (Å²) in [5, 5.41) is 0. The predicted molar refractivity (Wildman–Crippen MR) is 113 cm³/mol. The highest BCUT2D eigenvalue weighted by molar-refractivity contribution is 7.96. The molecule has 1 aliphatic heterocycles. The molecule has 0 unspecified atom stereocenters. The van der Waals surface area contributed by atoms with Crippen LogP contribution in [0, 0.1) is 12.3 Å². The molecule has 0 aliphatic carbocycles. The van der Waals surface area contributed by atoms with Gasteiger partial charge in [-0.2, -0.15) is 0 Å². The van der Waals surface area contributed by atoms with Gasteiger partial charge in [0.15, 0.2) is 0 Å². The van der Waals surface area contributed by atoms with E-state index in [1.807, 2.05) is 13.0 Å². The molecule has 0 saturated carbocycles. The molecule has 1 N–H and O–H groups in total. The Balaban J connectivity index is 1.92. The number of benzene rings is 1. The average molecular weight is 444 g/mol. The third-order valence-corrected chi connectivity index (χ3v) is 9.82. The number of hydrogen-bond donors (Lipinski definition) is 1. The lowest BCUT2D eigenvalue weighted by Crippen LogP contribution is -2.53. The molecule has 0 bridgehead atoms. The van der Waals surface area contributed by atoms with E-state index in [0.29, 0.717) is 5.69 Å². The van der Waals surface area contributed by atoms with E-state index < -0.39 is 20.0 Å². The van der Waals surface area contributed by atoms with E-state index in [9.17, 15) is 16.8 Å². The molecule has 1 fully saturated rings. The fraction of sp³-hybridized carbons (Fsp3) is 0.444. The Morgan fingerprint density at radius 1 is 1.04 bits per heavy atom. The maximum atomic E-state index is 12.9. The van der Waals surface area contributed by atoms with Gasteiger partial charge in [0.25, 0.3) is 20.0 Å². The first kappa shape index (κ1) is 21.1. The topological polar surface area (TPSA) is 86.8 Å². The molecule has 2 heterocycles. The summed E-state index contributed by atoms with van der Waals surface area (Å²) in [4.78, 5) is 2.16. The summed E-state index contributed by atoms with van der Waals surface area (Å²) < 4.78 is 54.0. The van der Waals surface area contributed by atoms with Crippen LogP contribution in [0.3, 0.4) is 0 Å². The van der Waals surface area contributed by atoms with E-state index in [-0.39, 0.29) is 13.8 Å². The number of para-hydroxylation sites is 1. The Bertz CT molecular complexity index is 1090.